The van der Waals surface area contributed by atoms with Crippen LogP contribution in [-0.2, 0) is 9.59 Å². The van der Waals surface area contributed by atoms with Crippen molar-refractivity contribution < 1.29 is 9.59 Å². The molecule has 0 spiro atoms. The largest absolute Gasteiger partial charge is 0.317 e. The van der Waals surface area contributed by atoms with Gasteiger partial charge in [-0.25, -0.2) is 0 Å². The molecule has 0 aromatic heterocycles. The number of hydrogen-bond acceptors (Lipinski definition) is 4. The molecule has 0 aliphatic carbocycles. The third-order valence-electron chi connectivity index (χ3n) is 6.38. The SMILES string of the molecule is O=C1CCC(c2cccc(C3CCN(C4CCNCC4)CC3)c2)C(=O)N1. The predicted molar refractivity (Wildman–Crippen MR) is 101 cm³/mol. The highest BCUT2D eigenvalue weighted by molar-refractivity contribution is 6.00. The molecule has 3 saturated heterocycles. The van der Waals surface area contributed by atoms with Crippen molar-refractivity contribution in [3.8, 4) is 0 Å². The number of piperidine rings is 3. The van der Waals surface area contributed by atoms with Crippen molar-refractivity contribution in [3.05, 3.63) is 35.4 Å². The average Bonchev–Trinajstić information content (AvgIpc) is 2.69. The van der Waals surface area contributed by atoms with E-state index >= 15 is 0 Å². The number of imide groups is 1. The molecule has 5 heteroatoms. The van der Waals surface area contributed by atoms with Crippen molar-refractivity contribution in [2.75, 3.05) is 26.2 Å². The minimum absolute atomic E-state index is 0.140. The number of nitrogens with one attached hydrogen (secondary N) is 2. The summed E-state index contributed by atoms with van der Waals surface area (Å²) >= 11 is 0. The molecule has 0 radical (unpaired) electrons. The van der Waals surface area contributed by atoms with Crippen molar-refractivity contribution in [2.45, 2.75) is 56.4 Å². The van der Waals surface area contributed by atoms with E-state index in [0.717, 1.165) is 24.7 Å². The Morgan fingerprint density at radius 2 is 1.65 bits per heavy atom. The maximum Gasteiger partial charge on any atom is 0.234 e. The van der Waals surface area contributed by atoms with E-state index in [9.17, 15) is 9.59 Å². The fraction of sp³-hybridized carbons (Fsp3) is 0.619. The molecule has 3 fully saturated rings. The van der Waals surface area contributed by atoms with Crippen LogP contribution >= 0.6 is 0 Å². The molecule has 2 N–H and O–H groups in total. The summed E-state index contributed by atoms with van der Waals surface area (Å²) in [5, 5.41) is 5.93. The van der Waals surface area contributed by atoms with Crippen molar-refractivity contribution in [1.29, 1.82) is 0 Å². The first-order chi connectivity index (χ1) is 12.7. The second-order valence-electron chi connectivity index (χ2n) is 7.97. The molecular formula is C21H29N3O2. The van der Waals surface area contributed by atoms with Crippen LogP contribution in [0.15, 0.2) is 24.3 Å². The zero-order valence-electron chi connectivity index (χ0n) is 15.4. The van der Waals surface area contributed by atoms with Gasteiger partial charge in [0.05, 0.1) is 5.92 Å². The number of rotatable bonds is 3. The standard InChI is InChI=1S/C21H29N3O2/c25-20-5-4-19(21(26)23-20)17-3-1-2-16(14-17)15-8-12-24(13-9-15)18-6-10-22-11-7-18/h1-3,14-15,18-19,22H,4-13H2,(H,23,25,26). The number of carbonyl (C=O) groups excluding carboxylic acids is 2. The first kappa shape index (κ1) is 17.7. The maximum absolute atomic E-state index is 12.2. The molecule has 1 aromatic rings. The van der Waals surface area contributed by atoms with Crippen LogP contribution < -0.4 is 10.6 Å². The molecule has 3 heterocycles. The summed E-state index contributed by atoms with van der Waals surface area (Å²) in [6, 6.07) is 9.29. The van der Waals surface area contributed by atoms with Crippen LogP contribution in [0.1, 0.15) is 61.5 Å². The van der Waals surface area contributed by atoms with Gasteiger partial charge in [0.25, 0.3) is 0 Å². The van der Waals surface area contributed by atoms with Crippen molar-refractivity contribution in [3.63, 3.8) is 0 Å². The summed E-state index contributed by atoms with van der Waals surface area (Å²) < 4.78 is 0. The minimum atomic E-state index is -0.178. The van der Waals surface area contributed by atoms with E-state index in [2.05, 4.69) is 33.7 Å². The topological polar surface area (TPSA) is 61.4 Å². The van der Waals surface area contributed by atoms with Gasteiger partial charge in [0.1, 0.15) is 0 Å². The lowest BCUT2D eigenvalue weighted by atomic mass is 9.84. The molecule has 140 valence electrons. The van der Waals surface area contributed by atoms with Crippen LogP contribution in [0.3, 0.4) is 0 Å². The van der Waals surface area contributed by atoms with E-state index in [-0.39, 0.29) is 17.7 Å². The Morgan fingerprint density at radius 1 is 0.923 bits per heavy atom. The van der Waals surface area contributed by atoms with Gasteiger partial charge < -0.3 is 10.2 Å². The molecule has 1 unspecified atom stereocenters. The fourth-order valence-electron chi connectivity index (χ4n) is 4.81. The molecule has 0 bridgehead atoms. The Hall–Kier alpha value is -1.72. The molecule has 1 aromatic carbocycles. The summed E-state index contributed by atoms with van der Waals surface area (Å²) in [5.41, 5.74) is 2.42. The molecule has 26 heavy (non-hydrogen) atoms. The van der Waals surface area contributed by atoms with E-state index in [1.165, 1.54) is 44.3 Å². The van der Waals surface area contributed by atoms with Gasteiger partial charge in [0.2, 0.25) is 11.8 Å². The van der Waals surface area contributed by atoms with Gasteiger partial charge in [-0.15, -0.1) is 0 Å². The van der Waals surface area contributed by atoms with Gasteiger partial charge in [-0.2, -0.15) is 0 Å². The quantitative estimate of drug-likeness (QED) is 0.816. The number of likely N-dealkylation sites (tertiary alicyclic amines) is 1. The van der Waals surface area contributed by atoms with Gasteiger partial charge >= 0.3 is 0 Å². The lowest BCUT2D eigenvalue weighted by Crippen LogP contribution is -2.46. The zero-order chi connectivity index (χ0) is 17.9. The summed E-state index contributed by atoms with van der Waals surface area (Å²) in [5.74, 6) is 0.121. The summed E-state index contributed by atoms with van der Waals surface area (Å²) in [4.78, 5) is 26.2. The predicted octanol–water partition coefficient (Wildman–Crippen LogP) is 2.14. The molecular weight excluding hydrogens is 326 g/mol. The number of carbonyl (C=O) groups is 2. The lowest BCUT2D eigenvalue weighted by Gasteiger charge is -2.39. The van der Waals surface area contributed by atoms with E-state index in [0.29, 0.717) is 18.8 Å². The second kappa shape index (κ2) is 7.89. The number of hydrogen-bond donors (Lipinski definition) is 2. The molecule has 2 amide bonds. The molecule has 4 rings (SSSR count). The fourth-order valence-corrected chi connectivity index (χ4v) is 4.81. The summed E-state index contributed by atoms with van der Waals surface area (Å²) in [7, 11) is 0. The lowest BCUT2D eigenvalue weighted by molar-refractivity contribution is -0.134. The molecule has 5 nitrogen and oxygen atoms in total. The van der Waals surface area contributed by atoms with Crippen LogP contribution in [0.4, 0.5) is 0 Å². The van der Waals surface area contributed by atoms with Gasteiger partial charge in [-0.3, -0.25) is 14.9 Å². The van der Waals surface area contributed by atoms with Crippen LogP contribution in [0, 0.1) is 0 Å². The Balaban J connectivity index is 1.39. The Kier molecular flexibility index (Phi) is 5.36. The summed E-state index contributed by atoms with van der Waals surface area (Å²) in [6.07, 6.45) is 6.01. The Morgan fingerprint density at radius 3 is 2.38 bits per heavy atom. The number of benzene rings is 1. The van der Waals surface area contributed by atoms with E-state index in [1.807, 2.05) is 6.07 Å². The van der Waals surface area contributed by atoms with Gasteiger partial charge in [0.15, 0.2) is 0 Å². The van der Waals surface area contributed by atoms with Gasteiger partial charge in [-0.05, 0) is 75.3 Å². The van der Waals surface area contributed by atoms with Crippen LogP contribution in [-0.4, -0.2) is 48.9 Å². The minimum Gasteiger partial charge on any atom is -0.317 e. The highest BCUT2D eigenvalue weighted by atomic mass is 16.2. The van der Waals surface area contributed by atoms with E-state index in [4.69, 9.17) is 0 Å². The molecule has 3 aliphatic rings. The van der Waals surface area contributed by atoms with Crippen LogP contribution in [0.2, 0.25) is 0 Å². The highest BCUT2D eigenvalue weighted by Gasteiger charge is 2.30. The first-order valence-corrected chi connectivity index (χ1v) is 10.1. The summed E-state index contributed by atoms with van der Waals surface area (Å²) in [6.45, 7) is 4.66. The Bertz CT molecular complexity index is 661. The molecule has 1 atom stereocenters. The molecule has 0 saturated carbocycles. The Labute approximate surface area is 155 Å². The molecule has 3 aliphatic heterocycles. The first-order valence-electron chi connectivity index (χ1n) is 10.1. The monoisotopic (exact) mass is 355 g/mol. The van der Waals surface area contributed by atoms with Crippen molar-refractivity contribution in [2.24, 2.45) is 0 Å². The zero-order valence-corrected chi connectivity index (χ0v) is 15.4. The third kappa shape index (κ3) is 3.84. The van der Waals surface area contributed by atoms with Crippen LogP contribution in [0.5, 0.6) is 0 Å². The van der Waals surface area contributed by atoms with Crippen LogP contribution in [0.25, 0.3) is 0 Å². The second-order valence-corrected chi connectivity index (χ2v) is 7.97. The highest BCUT2D eigenvalue weighted by Crippen LogP contribution is 2.33. The van der Waals surface area contributed by atoms with E-state index in [1.54, 1.807) is 0 Å². The van der Waals surface area contributed by atoms with Crippen molar-refractivity contribution >= 4 is 11.8 Å². The average molecular weight is 355 g/mol. The number of nitrogens with zero attached hydrogens (tertiary/aromatic N) is 1. The van der Waals surface area contributed by atoms with E-state index < -0.39 is 0 Å². The number of amides is 2. The third-order valence-corrected chi connectivity index (χ3v) is 6.38. The maximum atomic E-state index is 12.2. The smallest absolute Gasteiger partial charge is 0.234 e. The van der Waals surface area contributed by atoms with Gasteiger partial charge in [0, 0.05) is 12.5 Å². The van der Waals surface area contributed by atoms with Crippen molar-refractivity contribution in [1.82, 2.24) is 15.5 Å². The normalized spacial score (nSPS) is 26.7. The van der Waals surface area contributed by atoms with Gasteiger partial charge in [-0.1, -0.05) is 24.3 Å².